The molecule has 7 heteroatoms. The van der Waals surface area contributed by atoms with E-state index in [2.05, 4.69) is 0 Å². The number of carbonyl (C=O) groups excluding carboxylic acids is 1. The molecule has 1 amide bonds. The Bertz CT molecular complexity index is 386. The van der Waals surface area contributed by atoms with Crippen molar-refractivity contribution in [3.8, 4) is 0 Å². The van der Waals surface area contributed by atoms with Crippen LogP contribution in [-0.4, -0.2) is 52.0 Å². The predicted octanol–water partition coefficient (Wildman–Crippen LogP) is 2.23. The van der Waals surface area contributed by atoms with Crippen molar-refractivity contribution in [2.24, 2.45) is 5.92 Å². The standard InChI is InChI=1S/C15H24F3NO3/c16-15(17,18)13(21)11-4-8-19(9-5-11)12(20)10-14(22)6-2-1-3-7-14/h11,13,21-22H,1-10H2. The number of rotatable bonds is 3. The Morgan fingerprint density at radius 3 is 2.23 bits per heavy atom. The predicted molar refractivity (Wildman–Crippen MR) is 74.0 cm³/mol. The Morgan fingerprint density at radius 2 is 1.73 bits per heavy atom. The fourth-order valence-electron chi connectivity index (χ4n) is 3.51. The molecule has 1 aliphatic carbocycles. The lowest BCUT2D eigenvalue weighted by molar-refractivity contribution is -0.223. The van der Waals surface area contributed by atoms with Gasteiger partial charge in [-0.05, 0) is 31.6 Å². The summed E-state index contributed by atoms with van der Waals surface area (Å²) in [6, 6.07) is 0. The van der Waals surface area contributed by atoms with Crippen LogP contribution in [0.15, 0.2) is 0 Å². The number of nitrogens with zero attached hydrogens (tertiary/aromatic N) is 1. The summed E-state index contributed by atoms with van der Waals surface area (Å²) in [7, 11) is 0. The molecule has 0 aromatic heterocycles. The van der Waals surface area contributed by atoms with Crippen LogP contribution in [0.2, 0.25) is 0 Å². The molecule has 2 N–H and O–H groups in total. The van der Waals surface area contributed by atoms with E-state index in [1.807, 2.05) is 0 Å². The summed E-state index contributed by atoms with van der Waals surface area (Å²) in [5.74, 6) is -1.04. The van der Waals surface area contributed by atoms with Crippen molar-refractivity contribution in [1.82, 2.24) is 4.90 Å². The number of alkyl halides is 3. The van der Waals surface area contributed by atoms with E-state index in [4.69, 9.17) is 0 Å². The maximum absolute atomic E-state index is 12.5. The van der Waals surface area contributed by atoms with E-state index in [0.29, 0.717) is 12.8 Å². The van der Waals surface area contributed by atoms with Gasteiger partial charge in [-0.25, -0.2) is 0 Å². The second-order valence-electron chi connectivity index (χ2n) is 6.67. The van der Waals surface area contributed by atoms with Gasteiger partial charge in [0.05, 0.1) is 12.0 Å². The maximum Gasteiger partial charge on any atom is 0.414 e. The number of aliphatic hydroxyl groups excluding tert-OH is 1. The number of carbonyl (C=O) groups is 1. The van der Waals surface area contributed by atoms with Crippen LogP contribution in [0.5, 0.6) is 0 Å². The first-order chi connectivity index (χ1) is 10.2. The molecule has 22 heavy (non-hydrogen) atoms. The smallest absolute Gasteiger partial charge is 0.389 e. The van der Waals surface area contributed by atoms with Crippen LogP contribution >= 0.6 is 0 Å². The Morgan fingerprint density at radius 1 is 1.18 bits per heavy atom. The van der Waals surface area contributed by atoms with Gasteiger partial charge < -0.3 is 15.1 Å². The van der Waals surface area contributed by atoms with E-state index in [-0.39, 0.29) is 38.3 Å². The normalized spacial score (nSPS) is 25.0. The van der Waals surface area contributed by atoms with Crippen LogP contribution in [0, 0.1) is 5.92 Å². The SMILES string of the molecule is O=C(CC1(O)CCCCC1)N1CCC(C(O)C(F)(F)F)CC1. The Labute approximate surface area is 128 Å². The molecule has 0 spiro atoms. The van der Waals surface area contributed by atoms with E-state index in [9.17, 15) is 28.2 Å². The second-order valence-corrected chi connectivity index (χ2v) is 6.67. The molecule has 1 saturated heterocycles. The summed E-state index contributed by atoms with van der Waals surface area (Å²) in [5.41, 5.74) is -0.947. The number of aliphatic hydroxyl groups is 2. The molecule has 0 aromatic rings. The molecular weight excluding hydrogens is 299 g/mol. The van der Waals surface area contributed by atoms with Gasteiger partial charge >= 0.3 is 6.18 Å². The molecule has 2 rings (SSSR count). The summed E-state index contributed by atoms with van der Waals surface area (Å²) < 4.78 is 37.5. The summed E-state index contributed by atoms with van der Waals surface area (Å²) in [5, 5.41) is 19.7. The van der Waals surface area contributed by atoms with Crippen molar-refractivity contribution in [3.63, 3.8) is 0 Å². The van der Waals surface area contributed by atoms with Gasteiger partial charge in [0.15, 0.2) is 6.10 Å². The molecule has 2 fully saturated rings. The third-order valence-corrected chi connectivity index (χ3v) is 4.94. The first-order valence-electron chi connectivity index (χ1n) is 7.96. The second kappa shape index (κ2) is 6.74. The Hall–Kier alpha value is -0.820. The van der Waals surface area contributed by atoms with E-state index in [1.54, 1.807) is 0 Å². The van der Waals surface area contributed by atoms with E-state index >= 15 is 0 Å². The average Bonchev–Trinajstić information content (AvgIpc) is 2.46. The summed E-state index contributed by atoms with van der Waals surface area (Å²) >= 11 is 0. The highest BCUT2D eigenvalue weighted by Gasteiger charge is 2.44. The van der Waals surface area contributed by atoms with Crippen LogP contribution in [-0.2, 0) is 4.79 Å². The maximum atomic E-state index is 12.5. The molecule has 1 saturated carbocycles. The Kier molecular flexibility index (Phi) is 5.37. The van der Waals surface area contributed by atoms with Crippen LogP contribution < -0.4 is 0 Å². The lowest BCUT2D eigenvalue weighted by atomic mass is 9.82. The highest BCUT2D eigenvalue weighted by Crippen LogP contribution is 2.34. The molecule has 1 heterocycles. The molecule has 1 atom stereocenters. The fraction of sp³-hybridized carbons (Fsp3) is 0.933. The van der Waals surface area contributed by atoms with Gasteiger partial charge in [0, 0.05) is 13.1 Å². The minimum absolute atomic E-state index is 0.0551. The summed E-state index contributed by atoms with van der Waals surface area (Å²) in [6.07, 6.45) is -2.47. The van der Waals surface area contributed by atoms with Crippen LogP contribution in [0.4, 0.5) is 13.2 Å². The first kappa shape index (κ1) is 17.5. The molecule has 0 aromatic carbocycles. The third-order valence-electron chi connectivity index (χ3n) is 4.94. The van der Waals surface area contributed by atoms with Gasteiger partial charge in [0.25, 0.3) is 0 Å². The Balaban J connectivity index is 1.82. The van der Waals surface area contributed by atoms with Gasteiger partial charge in [0.2, 0.25) is 5.91 Å². The zero-order chi connectivity index (χ0) is 16.4. The fourth-order valence-corrected chi connectivity index (χ4v) is 3.51. The third kappa shape index (κ3) is 4.35. The van der Waals surface area contributed by atoms with Crippen molar-refractivity contribution in [1.29, 1.82) is 0 Å². The van der Waals surface area contributed by atoms with E-state index in [1.165, 1.54) is 4.90 Å². The topological polar surface area (TPSA) is 60.8 Å². The molecule has 0 radical (unpaired) electrons. The zero-order valence-corrected chi connectivity index (χ0v) is 12.6. The van der Waals surface area contributed by atoms with Crippen molar-refractivity contribution in [3.05, 3.63) is 0 Å². The van der Waals surface area contributed by atoms with E-state index in [0.717, 1.165) is 19.3 Å². The average molecular weight is 323 g/mol. The largest absolute Gasteiger partial charge is 0.414 e. The van der Waals surface area contributed by atoms with Gasteiger partial charge in [-0.15, -0.1) is 0 Å². The summed E-state index contributed by atoms with van der Waals surface area (Å²) in [4.78, 5) is 13.7. The van der Waals surface area contributed by atoms with Gasteiger partial charge in [-0.2, -0.15) is 13.2 Å². The highest BCUT2D eigenvalue weighted by atomic mass is 19.4. The highest BCUT2D eigenvalue weighted by molar-refractivity contribution is 5.77. The van der Waals surface area contributed by atoms with Crippen molar-refractivity contribution < 1.29 is 28.2 Å². The van der Waals surface area contributed by atoms with Crippen molar-refractivity contribution in [2.45, 2.75) is 69.2 Å². The van der Waals surface area contributed by atoms with Crippen molar-refractivity contribution in [2.75, 3.05) is 13.1 Å². The van der Waals surface area contributed by atoms with Gasteiger partial charge in [0.1, 0.15) is 0 Å². The lowest BCUT2D eigenvalue weighted by Gasteiger charge is -2.37. The molecule has 128 valence electrons. The lowest BCUT2D eigenvalue weighted by Crippen LogP contribution is -2.47. The van der Waals surface area contributed by atoms with Crippen LogP contribution in [0.3, 0.4) is 0 Å². The number of hydrogen-bond donors (Lipinski definition) is 2. The molecule has 1 unspecified atom stereocenters. The molecular formula is C15H24F3NO3. The molecule has 1 aliphatic heterocycles. The number of piperidine rings is 1. The number of halogens is 3. The molecule has 2 aliphatic rings. The zero-order valence-electron chi connectivity index (χ0n) is 12.6. The van der Waals surface area contributed by atoms with Crippen LogP contribution in [0.25, 0.3) is 0 Å². The van der Waals surface area contributed by atoms with Crippen LogP contribution in [0.1, 0.15) is 51.4 Å². The minimum atomic E-state index is -4.60. The summed E-state index contributed by atoms with van der Waals surface area (Å²) in [6.45, 7) is 0.430. The van der Waals surface area contributed by atoms with Gasteiger partial charge in [-0.3, -0.25) is 4.79 Å². The first-order valence-corrected chi connectivity index (χ1v) is 7.96. The number of likely N-dealkylation sites (tertiary alicyclic amines) is 1. The molecule has 0 bridgehead atoms. The van der Waals surface area contributed by atoms with E-state index < -0.39 is 23.8 Å². The number of hydrogen-bond acceptors (Lipinski definition) is 3. The van der Waals surface area contributed by atoms with Crippen molar-refractivity contribution >= 4 is 5.91 Å². The minimum Gasteiger partial charge on any atom is -0.389 e. The monoisotopic (exact) mass is 323 g/mol. The molecule has 4 nitrogen and oxygen atoms in total. The number of amides is 1. The quantitative estimate of drug-likeness (QED) is 0.837. The van der Waals surface area contributed by atoms with Gasteiger partial charge in [-0.1, -0.05) is 19.3 Å².